The number of halogens is 1. The average Bonchev–Trinajstić information content (AvgIpc) is 2.75. The van der Waals surface area contributed by atoms with E-state index in [1.807, 2.05) is 18.3 Å². The van der Waals surface area contributed by atoms with Crippen molar-refractivity contribution in [3.8, 4) is 0 Å². The number of anilines is 1. The molecule has 2 N–H and O–H groups in total. The van der Waals surface area contributed by atoms with Gasteiger partial charge in [0.1, 0.15) is 5.76 Å². The van der Waals surface area contributed by atoms with Crippen LogP contribution in [0.3, 0.4) is 0 Å². The molecule has 3 heterocycles. The third-order valence-electron chi connectivity index (χ3n) is 3.04. The predicted molar refractivity (Wildman–Crippen MR) is 70.7 cm³/mol. The summed E-state index contributed by atoms with van der Waals surface area (Å²) in [5, 5.41) is 0. The van der Waals surface area contributed by atoms with Gasteiger partial charge in [-0.05, 0) is 28.1 Å². The molecule has 0 fully saturated rings. The summed E-state index contributed by atoms with van der Waals surface area (Å²) in [6, 6.07) is 3.90. The molecule has 0 bridgehead atoms. The molecule has 0 aromatic carbocycles. The number of aromatic nitrogens is 2. The number of hydrogen-bond acceptors (Lipinski definition) is 5. The Morgan fingerprint density at radius 3 is 3.11 bits per heavy atom. The first-order valence-electron chi connectivity index (χ1n) is 5.77. The van der Waals surface area contributed by atoms with Crippen molar-refractivity contribution in [3.63, 3.8) is 0 Å². The summed E-state index contributed by atoms with van der Waals surface area (Å²) in [7, 11) is 0. The van der Waals surface area contributed by atoms with Gasteiger partial charge in [0, 0.05) is 31.3 Å². The van der Waals surface area contributed by atoms with Crippen LogP contribution in [-0.4, -0.2) is 21.4 Å². The van der Waals surface area contributed by atoms with Crippen molar-refractivity contribution >= 4 is 21.9 Å². The monoisotopic (exact) mass is 308 g/mol. The fraction of sp³-hybridized carbons (Fsp3) is 0.333. The number of furan rings is 1. The Balaban J connectivity index is 1.73. The van der Waals surface area contributed by atoms with E-state index in [2.05, 4.69) is 30.8 Å². The lowest BCUT2D eigenvalue weighted by Crippen LogP contribution is -2.30. The van der Waals surface area contributed by atoms with E-state index in [9.17, 15) is 0 Å². The van der Waals surface area contributed by atoms with Crippen molar-refractivity contribution < 1.29 is 4.42 Å². The highest BCUT2D eigenvalue weighted by molar-refractivity contribution is 9.10. The maximum Gasteiger partial charge on any atom is 0.220 e. The summed E-state index contributed by atoms with van der Waals surface area (Å²) in [5.74, 6) is 1.32. The Bertz CT molecular complexity index is 569. The largest absolute Gasteiger partial charge is 0.453 e. The molecule has 1 aliphatic heterocycles. The molecular weight excluding hydrogens is 296 g/mol. The van der Waals surface area contributed by atoms with Gasteiger partial charge in [-0.2, -0.15) is 0 Å². The van der Waals surface area contributed by atoms with Gasteiger partial charge in [0.05, 0.1) is 12.2 Å². The van der Waals surface area contributed by atoms with Crippen LogP contribution in [0.5, 0.6) is 0 Å². The molecular formula is C12H13BrN4O. The predicted octanol–water partition coefficient (Wildman–Crippen LogP) is 1.97. The topological polar surface area (TPSA) is 68.2 Å². The van der Waals surface area contributed by atoms with Gasteiger partial charge in [-0.15, -0.1) is 0 Å². The minimum Gasteiger partial charge on any atom is -0.453 e. The van der Waals surface area contributed by atoms with Crippen molar-refractivity contribution in [2.75, 3.05) is 12.3 Å². The highest BCUT2D eigenvalue weighted by atomic mass is 79.9. The molecule has 0 amide bonds. The zero-order chi connectivity index (χ0) is 12.5. The van der Waals surface area contributed by atoms with E-state index < -0.39 is 0 Å². The van der Waals surface area contributed by atoms with Gasteiger partial charge < -0.3 is 10.2 Å². The second kappa shape index (κ2) is 4.70. The van der Waals surface area contributed by atoms with Gasteiger partial charge in [-0.1, -0.05) is 0 Å². The summed E-state index contributed by atoms with van der Waals surface area (Å²) < 4.78 is 6.29. The number of nitrogens with two attached hydrogens (primary N) is 1. The van der Waals surface area contributed by atoms with Crippen LogP contribution in [0.2, 0.25) is 0 Å². The molecule has 2 aromatic heterocycles. The Labute approximate surface area is 113 Å². The van der Waals surface area contributed by atoms with Crippen LogP contribution in [0.25, 0.3) is 0 Å². The third-order valence-corrected chi connectivity index (χ3v) is 3.47. The van der Waals surface area contributed by atoms with Crippen LogP contribution in [0.4, 0.5) is 5.95 Å². The number of fused-ring (bicyclic) bond motifs is 1. The van der Waals surface area contributed by atoms with Crippen LogP contribution < -0.4 is 5.73 Å². The molecule has 0 spiro atoms. The summed E-state index contributed by atoms with van der Waals surface area (Å²) >= 11 is 3.31. The van der Waals surface area contributed by atoms with E-state index in [4.69, 9.17) is 10.2 Å². The van der Waals surface area contributed by atoms with Crippen molar-refractivity contribution in [3.05, 3.63) is 40.0 Å². The second-order valence-corrected chi connectivity index (χ2v) is 5.15. The highest BCUT2D eigenvalue weighted by Gasteiger charge is 2.19. The minimum absolute atomic E-state index is 0.358. The Morgan fingerprint density at radius 1 is 1.44 bits per heavy atom. The van der Waals surface area contributed by atoms with E-state index in [1.165, 1.54) is 0 Å². The molecule has 0 aliphatic carbocycles. The highest BCUT2D eigenvalue weighted by Crippen LogP contribution is 2.21. The molecule has 1 aliphatic rings. The number of hydrogen-bond donors (Lipinski definition) is 1. The van der Waals surface area contributed by atoms with Gasteiger partial charge >= 0.3 is 0 Å². The second-order valence-electron chi connectivity index (χ2n) is 4.37. The maximum absolute atomic E-state index is 5.59. The third kappa shape index (κ3) is 2.39. The van der Waals surface area contributed by atoms with E-state index in [-0.39, 0.29) is 0 Å². The first-order chi connectivity index (χ1) is 8.70. The summed E-state index contributed by atoms with van der Waals surface area (Å²) in [6.45, 7) is 2.60. The molecule has 2 aromatic rings. The van der Waals surface area contributed by atoms with Crippen LogP contribution in [-0.2, 0) is 19.5 Å². The summed E-state index contributed by atoms with van der Waals surface area (Å²) in [4.78, 5) is 10.6. The zero-order valence-electron chi connectivity index (χ0n) is 9.77. The van der Waals surface area contributed by atoms with Crippen LogP contribution >= 0.6 is 15.9 Å². The molecule has 5 nitrogen and oxygen atoms in total. The normalized spacial score (nSPS) is 15.6. The fourth-order valence-electron chi connectivity index (χ4n) is 2.18. The fourth-order valence-corrected chi connectivity index (χ4v) is 2.52. The van der Waals surface area contributed by atoms with Gasteiger partial charge in [0.25, 0.3) is 0 Å². The smallest absolute Gasteiger partial charge is 0.220 e. The Kier molecular flexibility index (Phi) is 3.05. The molecule has 0 radical (unpaired) electrons. The Morgan fingerprint density at radius 2 is 2.33 bits per heavy atom. The molecule has 0 unspecified atom stereocenters. The lowest BCUT2D eigenvalue weighted by Gasteiger charge is -2.26. The van der Waals surface area contributed by atoms with Gasteiger partial charge in [-0.25, -0.2) is 9.97 Å². The lowest BCUT2D eigenvalue weighted by atomic mass is 10.1. The maximum atomic E-state index is 5.59. The quantitative estimate of drug-likeness (QED) is 0.918. The standard InChI is InChI=1S/C12H13BrN4O/c13-11-2-1-9(18-11)7-17-4-3-10-8(6-17)5-15-12(14)16-10/h1-2,5H,3-4,6-7H2,(H2,14,15,16). The van der Waals surface area contributed by atoms with Crippen molar-refractivity contribution in [1.29, 1.82) is 0 Å². The molecule has 0 atom stereocenters. The van der Waals surface area contributed by atoms with E-state index >= 15 is 0 Å². The van der Waals surface area contributed by atoms with Crippen molar-refractivity contribution in [1.82, 2.24) is 14.9 Å². The van der Waals surface area contributed by atoms with Gasteiger partial charge in [0.2, 0.25) is 5.95 Å². The first-order valence-corrected chi connectivity index (χ1v) is 6.57. The Hall–Kier alpha value is -1.40. The van der Waals surface area contributed by atoms with Gasteiger partial charge in [0.15, 0.2) is 4.67 Å². The number of rotatable bonds is 2. The van der Waals surface area contributed by atoms with Gasteiger partial charge in [-0.3, -0.25) is 4.90 Å². The SMILES string of the molecule is Nc1ncc2c(n1)CCN(Cc1ccc(Br)o1)C2. The number of nitrogen functional groups attached to an aromatic ring is 1. The van der Waals surface area contributed by atoms with Crippen LogP contribution in [0.15, 0.2) is 27.4 Å². The van der Waals surface area contributed by atoms with E-state index in [0.29, 0.717) is 5.95 Å². The number of nitrogens with zero attached hydrogens (tertiary/aromatic N) is 3. The van der Waals surface area contributed by atoms with E-state index in [0.717, 1.165) is 47.7 Å². The molecule has 3 rings (SSSR count). The minimum atomic E-state index is 0.358. The molecule has 0 saturated heterocycles. The molecule has 94 valence electrons. The van der Waals surface area contributed by atoms with Crippen LogP contribution in [0.1, 0.15) is 17.0 Å². The van der Waals surface area contributed by atoms with Crippen LogP contribution in [0, 0.1) is 0 Å². The molecule has 6 heteroatoms. The molecule has 0 saturated carbocycles. The lowest BCUT2D eigenvalue weighted by molar-refractivity contribution is 0.222. The summed E-state index contributed by atoms with van der Waals surface area (Å²) in [6.07, 6.45) is 2.73. The van der Waals surface area contributed by atoms with E-state index in [1.54, 1.807) is 0 Å². The summed E-state index contributed by atoms with van der Waals surface area (Å²) in [5.41, 5.74) is 7.81. The van der Waals surface area contributed by atoms with Crippen molar-refractivity contribution in [2.45, 2.75) is 19.5 Å². The average molecular weight is 309 g/mol. The zero-order valence-corrected chi connectivity index (χ0v) is 11.4. The molecule has 18 heavy (non-hydrogen) atoms. The first kappa shape index (κ1) is 11.7. The van der Waals surface area contributed by atoms with Crippen molar-refractivity contribution in [2.24, 2.45) is 0 Å².